The Morgan fingerprint density at radius 1 is 0.966 bits per heavy atom. The average Bonchev–Trinajstić information content (AvgIpc) is 3.07. The summed E-state index contributed by atoms with van der Waals surface area (Å²) >= 11 is 0. The molecule has 0 bridgehead atoms. The van der Waals surface area contributed by atoms with Crippen LogP contribution in [-0.2, 0) is 24.4 Å². The van der Waals surface area contributed by atoms with E-state index in [0.29, 0.717) is 18.7 Å². The zero-order valence-electron chi connectivity index (χ0n) is 16.6. The average molecular weight is 393 g/mol. The lowest BCUT2D eigenvalue weighted by atomic mass is 10.1. The van der Waals surface area contributed by atoms with Gasteiger partial charge in [-0.3, -0.25) is 14.3 Å². The number of benzene rings is 2. The molecule has 29 heavy (non-hydrogen) atoms. The minimum absolute atomic E-state index is 0.0837. The van der Waals surface area contributed by atoms with Gasteiger partial charge in [0.2, 0.25) is 5.91 Å². The van der Waals surface area contributed by atoms with Crippen LogP contribution in [0.5, 0.6) is 0 Å². The van der Waals surface area contributed by atoms with Crippen molar-refractivity contribution in [3.05, 3.63) is 70.2 Å². The number of hydrogen-bond acceptors (Lipinski definition) is 4. The summed E-state index contributed by atoms with van der Waals surface area (Å²) in [6.45, 7) is 4.17. The smallest absolute Gasteiger partial charge is 0.408 e. The number of aromatic nitrogens is 1. The predicted molar refractivity (Wildman–Crippen MR) is 113 cm³/mol. The molecule has 2 heterocycles. The van der Waals surface area contributed by atoms with Crippen LogP contribution in [0, 0.1) is 0 Å². The van der Waals surface area contributed by atoms with Gasteiger partial charge in [0.25, 0.3) is 0 Å². The highest BCUT2D eigenvalue weighted by molar-refractivity contribution is 5.76. The molecule has 6 nitrogen and oxygen atoms in total. The molecular weight excluding hydrogens is 366 g/mol. The van der Waals surface area contributed by atoms with Crippen LogP contribution in [0.15, 0.2) is 57.7 Å². The highest BCUT2D eigenvalue weighted by atomic mass is 16.4. The van der Waals surface area contributed by atoms with Crippen LogP contribution in [0.25, 0.3) is 11.1 Å². The van der Waals surface area contributed by atoms with Crippen molar-refractivity contribution in [1.82, 2.24) is 14.8 Å². The van der Waals surface area contributed by atoms with Gasteiger partial charge in [0.05, 0.1) is 5.52 Å². The van der Waals surface area contributed by atoms with Crippen molar-refractivity contribution in [3.8, 4) is 0 Å². The number of oxazole rings is 1. The fourth-order valence-corrected chi connectivity index (χ4v) is 3.87. The Morgan fingerprint density at radius 2 is 1.69 bits per heavy atom. The van der Waals surface area contributed by atoms with E-state index in [4.69, 9.17) is 4.42 Å². The lowest BCUT2D eigenvalue weighted by molar-refractivity contribution is -0.121. The second-order valence-corrected chi connectivity index (χ2v) is 7.67. The van der Waals surface area contributed by atoms with E-state index in [-0.39, 0.29) is 12.3 Å². The van der Waals surface area contributed by atoms with E-state index in [1.807, 2.05) is 18.2 Å². The molecule has 1 amide bonds. The number of para-hydroxylation sites is 2. The number of amides is 1. The summed E-state index contributed by atoms with van der Waals surface area (Å²) in [5, 5.41) is 2.93. The lowest BCUT2D eigenvalue weighted by Gasteiger charge is -2.26. The van der Waals surface area contributed by atoms with Crippen LogP contribution in [0.3, 0.4) is 0 Å². The number of likely N-dealkylation sites (tertiary alicyclic amines) is 1. The minimum atomic E-state index is -0.428. The Kier molecular flexibility index (Phi) is 6.10. The highest BCUT2D eigenvalue weighted by Crippen LogP contribution is 2.14. The number of nitrogens with zero attached hydrogens (tertiary/aromatic N) is 2. The molecule has 0 atom stereocenters. The normalized spacial score (nSPS) is 14.9. The van der Waals surface area contributed by atoms with Gasteiger partial charge in [-0.2, -0.15) is 0 Å². The summed E-state index contributed by atoms with van der Waals surface area (Å²) < 4.78 is 6.70. The molecule has 6 heteroatoms. The molecule has 1 aromatic heterocycles. The number of piperidine rings is 1. The third kappa shape index (κ3) is 4.95. The molecular formula is C23H27N3O3. The third-order valence-corrected chi connectivity index (χ3v) is 5.50. The number of hydrogen-bond donors (Lipinski definition) is 1. The Hall–Kier alpha value is -2.86. The number of rotatable bonds is 7. The van der Waals surface area contributed by atoms with Gasteiger partial charge in [0.15, 0.2) is 5.58 Å². The first-order valence-electron chi connectivity index (χ1n) is 10.3. The fraction of sp³-hybridized carbons (Fsp3) is 0.391. The topological polar surface area (TPSA) is 67.5 Å². The summed E-state index contributed by atoms with van der Waals surface area (Å²) in [4.78, 5) is 26.7. The first-order chi connectivity index (χ1) is 14.2. The molecule has 1 fully saturated rings. The van der Waals surface area contributed by atoms with Crippen LogP contribution in [0.1, 0.15) is 36.8 Å². The van der Waals surface area contributed by atoms with Crippen molar-refractivity contribution in [2.24, 2.45) is 0 Å². The molecule has 0 radical (unpaired) electrons. The first-order valence-corrected chi connectivity index (χ1v) is 10.3. The summed E-state index contributed by atoms with van der Waals surface area (Å²) in [5.74, 6) is -0.511. The molecule has 152 valence electrons. The summed E-state index contributed by atoms with van der Waals surface area (Å²) in [6, 6.07) is 15.7. The van der Waals surface area contributed by atoms with Gasteiger partial charge in [-0.25, -0.2) is 4.79 Å². The van der Waals surface area contributed by atoms with E-state index < -0.39 is 5.76 Å². The molecule has 3 aromatic rings. The van der Waals surface area contributed by atoms with E-state index in [9.17, 15) is 9.59 Å². The van der Waals surface area contributed by atoms with Gasteiger partial charge in [0, 0.05) is 26.1 Å². The Morgan fingerprint density at radius 3 is 2.48 bits per heavy atom. The highest BCUT2D eigenvalue weighted by Gasteiger charge is 2.11. The lowest BCUT2D eigenvalue weighted by Crippen LogP contribution is -2.29. The second-order valence-electron chi connectivity index (χ2n) is 7.67. The van der Waals surface area contributed by atoms with Crippen LogP contribution >= 0.6 is 0 Å². The summed E-state index contributed by atoms with van der Waals surface area (Å²) in [7, 11) is 0. The number of aryl methyl sites for hydroxylation is 1. The van der Waals surface area contributed by atoms with E-state index in [1.165, 1.54) is 42.5 Å². The first kappa shape index (κ1) is 19.5. The Labute approximate surface area is 170 Å². The molecule has 1 saturated heterocycles. The van der Waals surface area contributed by atoms with Crippen molar-refractivity contribution in [1.29, 1.82) is 0 Å². The van der Waals surface area contributed by atoms with Gasteiger partial charge in [0.1, 0.15) is 0 Å². The van der Waals surface area contributed by atoms with E-state index in [2.05, 4.69) is 34.5 Å². The van der Waals surface area contributed by atoms with Gasteiger partial charge in [-0.15, -0.1) is 0 Å². The van der Waals surface area contributed by atoms with Crippen molar-refractivity contribution in [2.45, 2.75) is 45.3 Å². The largest absolute Gasteiger partial charge is 0.419 e. The van der Waals surface area contributed by atoms with Crippen molar-refractivity contribution >= 4 is 17.0 Å². The maximum Gasteiger partial charge on any atom is 0.419 e. The molecule has 0 unspecified atom stereocenters. The fourth-order valence-electron chi connectivity index (χ4n) is 3.87. The molecule has 2 aromatic carbocycles. The molecule has 1 N–H and O–H groups in total. The monoisotopic (exact) mass is 393 g/mol. The van der Waals surface area contributed by atoms with E-state index in [0.717, 1.165) is 17.6 Å². The molecule has 0 spiro atoms. The van der Waals surface area contributed by atoms with Crippen molar-refractivity contribution in [3.63, 3.8) is 0 Å². The predicted octanol–water partition coefficient (Wildman–Crippen LogP) is 3.29. The molecule has 0 aliphatic carbocycles. The van der Waals surface area contributed by atoms with Crippen molar-refractivity contribution < 1.29 is 9.21 Å². The van der Waals surface area contributed by atoms with Gasteiger partial charge in [-0.05, 0) is 49.2 Å². The van der Waals surface area contributed by atoms with Gasteiger partial charge in [-0.1, -0.05) is 42.8 Å². The summed E-state index contributed by atoms with van der Waals surface area (Å²) in [5.41, 5.74) is 3.65. The third-order valence-electron chi connectivity index (χ3n) is 5.50. The number of carbonyl (C=O) groups is 1. The van der Waals surface area contributed by atoms with Gasteiger partial charge >= 0.3 is 5.76 Å². The van der Waals surface area contributed by atoms with E-state index in [1.54, 1.807) is 6.07 Å². The zero-order valence-corrected chi connectivity index (χ0v) is 16.6. The minimum Gasteiger partial charge on any atom is -0.408 e. The Bertz CT molecular complexity index is 1010. The van der Waals surface area contributed by atoms with Crippen LogP contribution in [-0.4, -0.2) is 28.5 Å². The summed E-state index contributed by atoms with van der Waals surface area (Å²) in [6.07, 6.45) is 4.17. The van der Waals surface area contributed by atoms with Gasteiger partial charge < -0.3 is 9.73 Å². The zero-order chi connectivity index (χ0) is 20.1. The van der Waals surface area contributed by atoms with Crippen molar-refractivity contribution in [2.75, 3.05) is 13.1 Å². The Balaban J connectivity index is 1.26. The number of carbonyl (C=O) groups excluding carboxylic acids is 1. The molecule has 1 aliphatic heterocycles. The standard InChI is InChI=1S/C23H27N3O3/c27-22(12-15-26-20-6-2-3-7-21(20)29-23(26)28)24-16-18-8-10-19(11-9-18)17-25-13-4-1-5-14-25/h2-3,6-11H,1,4-5,12-17H2,(H,24,27). The van der Waals surface area contributed by atoms with Crippen LogP contribution in [0.4, 0.5) is 0 Å². The number of fused-ring (bicyclic) bond motifs is 1. The maximum atomic E-state index is 12.2. The maximum absolute atomic E-state index is 12.2. The van der Waals surface area contributed by atoms with Crippen LogP contribution < -0.4 is 11.1 Å². The van der Waals surface area contributed by atoms with Crippen LogP contribution in [0.2, 0.25) is 0 Å². The second kappa shape index (κ2) is 9.09. The number of nitrogens with one attached hydrogen (secondary N) is 1. The molecule has 4 rings (SSSR count). The molecule has 0 saturated carbocycles. The molecule has 1 aliphatic rings. The quantitative estimate of drug-likeness (QED) is 0.669. The van der Waals surface area contributed by atoms with E-state index >= 15 is 0 Å². The SMILES string of the molecule is O=C(CCn1c(=O)oc2ccccc21)NCc1ccc(CN2CCCCC2)cc1.